The monoisotopic (exact) mass is 557 g/mol. The van der Waals surface area contributed by atoms with Crippen molar-refractivity contribution in [3.05, 3.63) is 95.9 Å². The number of oxazole rings is 1. The number of hydrogen-bond acceptors (Lipinski definition) is 5. The smallest absolute Gasteiger partial charge is 0.434 e. The van der Waals surface area contributed by atoms with Gasteiger partial charge in [0.1, 0.15) is 11.5 Å². The normalized spacial score (nSPS) is 12.2. The molecule has 0 spiro atoms. The highest BCUT2D eigenvalue weighted by molar-refractivity contribution is 7.90. The highest BCUT2D eigenvalue weighted by Gasteiger charge is 2.35. The van der Waals surface area contributed by atoms with Gasteiger partial charge in [0.15, 0.2) is 27.7 Å². The van der Waals surface area contributed by atoms with Gasteiger partial charge in [-0.05, 0) is 54.4 Å². The molecule has 0 aliphatic heterocycles. The molecule has 0 unspecified atom stereocenters. The van der Waals surface area contributed by atoms with Gasteiger partial charge >= 0.3 is 6.18 Å². The van der Waals surface area contributed by atoms with Gasteiger partial charge in [-0.15, -0.1) is 0 Å². The SMILES string of the molecule is Cc1nc(C(F)(F)F)cn1-c1ccc(-c2cccc(S(C)(=O)=O)c2)cc1-c1ocnc1-c1ccc(Cl)cc1. The topological polar surface area (TPSA) is 78.0 Å². The molecule has 0 saturated heterocycles. The van der Waals surface area contributed by atoms with Crippen LogP contribution in [0, 0.1) is 6.92 Å². The summed E-state index contributed by atoms with van der Waals surface area (Å²) in [5.74, 6) is 0.433. The standard InChI is InChI=1S/C27H19ClF3N3O3S/c1-16-33-24(27(29,30)31)14-34(16)23-11-8-19(18-4-3-5-21(12-18)38(2,35)36)13-22(23)26-25(32-15-37-26)17-6-9-20(28)10-7-17/h3-15H,1-2H3. The van der Waals surface area contributed by atoms with Crippen LogP contribution in [-0.2, 0) is 16.0 Å². The van der Waals surface area contributed by atoms with Gasteiger partial charge in [0.05, 0.1) is 10.6 Å². The molecule has 5 aromatic rings. The van der Waals surface area contributed by atoms with Crippen molar-refractivity contribution < 1.29 is 26.0 Å². The van der Waals surface area contributed by atoms with Gasteiger partial charge in [-0.3, -0.25) is 0 Å². The van der Waals surface area contributed by atoms with E-state index in [1.165, 1.54) is 24.0 Å². The van der Waals surface area contributed by atoms with Crippen LogP contribution in [0.4, 0.5) is 13.2 Å². The van der Waals surface area contributed by atoms with Crippen LogP contribution in [0.25, 0.3) is 39.4 Å². The van der Waals surface area contributed by atoms with Crippen LogP contribution in [-0.4, -0.2) is 29.2 Å². The predicted molar refractivity (Wildman–Crippen MR) is 138 cm³/mol. The van der Waals surface area contributed by atoms with Gasteiger partial charge in [-0.25, -0.2) is 18.4 Å². The lowest BCUT2D eigenvalue weighted by Gasteiger charge is -2.14. The van der Waals surface area contributed by atoms with E-state index in [2.05, 4.69) is 9.97 Å². The largest absolute Gasteiger partial charge is 0.443 e. The maximum Gasteiger partial charge on any atom is 0.434 e. The Morgan fingerprint density at radius 3 is 2.29 bits per heavy atom. The first kappa shape index (κ1) is 25.7. The third-order valence-electron chi connectivity index (χ3n) is 5.95. The molecule has 11 heteroatoms. The molecule has 3 aromatic carbocycles. The summed E-state index contributed by atoms with van der Waals surface area (Å²) in [6.45, 7) is 1.48. The zero-order valence-corrected chi connectivity index (χ0v) is 21.6. The first-order chi connectivity index (χ1) is 17.9. The number of hydrogen-bond donors (Lipinski definition) is 0. The lowest BCUT2D eigenvalue weighted by molar-refractivity contribution is -0.141. The number of rotatable bonds is 5. The fraction of sp³-hybridized carbons (Fsp3) is 0.111. The van der Waals surface area contributed by atoms with E-state index in [-0.39, 0.29) is 10.7 Å². The molecule has 0 amide bonds. The highest BCUT2D eigenvalue weighted by atomic mass is 35.5. The second-order valence-electron chi connectivity index (χ2n) is 8.61. The van der Waals surface area contributed by atoms with E-state index < -0.39 is 21.7 Å². The Morgan fingerprint density at radius 2 is 1.63 bits per heavy atom. The first-order valence-corrected chi connectivity index (χ1v) is 13.5. The number of aromatic nitrogens is 3. The van der Waals surface area contributed by atoms with Crippen LogP contribution < -0.4 is 0 Å². The molecule has 5 rings (SSSR count). The molecule has 194 valence electrons. The maximum absolute atomic E-state index is 13.4. The summed E-state index contributed by atoms with van der Waals surface area (Å²) in [6, 6.07) is 18.4. The second-order valence-corrected chi connectivity index (χ2v) is 11.1. The van der Waals surface area contributed by atoms with E-state index in [0.29, 0.717) is 44.4 Å². The van der Waals surface area contributed by atoms with E-state index in [9.17, 15) is 21.6 Å². The number of halogens is 4. The van der Waals surface area contributed by atoms with Gasteiger partial charge in [-0.2, -0.15) is 13.2 Å². The lowest BCUT2D eigenvalue weighted by atomic mass is 9.98. The highest BCUT2D eigenvalue weighted by Crippen LogP contribution is 2.39. The molecule has 0 bridgehead atoms. The van der Waals surface area contributed by atoms with Crippen molar-refractivity contribution >= 4 is 21.4 Å². The van der Waals surface area contributed by atoms with Crippen LogP contribution in [0.5, 0.6) is 0 Å². The number of imidazole rings is 1. The minimum absolute atomic E-state index is 0.123. The van der Waals surface area contributed by atoms with Crippen molar-refractivity contribution in [3.63, 3.8) is 0 Å². The molecule has 2 heterocycles. The summed E-state index contributed by atoms with van der Waals surface area (Å²) in [6.07, 6.45) is -1.32. The Labute approximate surface area is 221 Å². The van der Waals surface area contributed by atoms with Gasteiger partial charge < -0.3 is 8.98 Å². The Kier molecular flexibility index (Phi) is 6.40. The van der Waals surface area contributed by atoms with Crippen LogP contribution in [0.2, 0.25) is 5.02 Å². The fourth-order valence-electron chi connectivity index (χ4n) is 4.12. The van der Waals surface area contributed by atoms with Crippen LogP contribution >= 0.6 is 11.6 Å². The maximum atomic E-state index is 13.4. The molecule has 0 radical (unpaired) electrons. The average Bonchev–Trinajstić information content (AvgIpc) is 3.51. The number of benzene rings is 3. The van der Waals surface area contributed by atoms with Crippen molar-refractivity contribution in [1.82, 2.24) is 14.5 Å². The van der Waals surface area contributed by atoms with Crippen LogP contribution in [0.1, 0.15) is 11.5 Å². The number of sulfone groups is 1. The van der Waals surface area contributed by atoms with Gasteiger partial charge in [-0.1, -0.05) is 41.9 Å². The summed E-state index contributed by atoms with van der Waals surface area (Å²) in [4.78, 5) is 8.19. The fourth-order valence-corrected chi connectivity index (χ4v) is 4.91. The second kappa shape index (κ2) is 9.45. The van der Waals surface area contributed by atoms with Gasteiger partial charge in [0.2, 0.25) is 0 Å². The molecular formula is C27H19ClF3N3O3S. The summed E-state index contributed by atoms with van der Waals surface area (Å²) in [5.41, 5.74) is 2.16. The molecule has 6 nitrogen and oxygen atoms in total. The van der Waals surface area contributed by atoms with Gasteiger partial charge in [0.25, 0.3) is 0 Å². The molecule has 2 aromatic heterocycles. The van der Waals surface area contributed by atoms with Crippen LogP contribution in [0.15, 0.2) is 88.6 Å². The average molecular weight is 558 g/mol. The summed E-state index contributed by atoms with van der Waals surface area (Å²) in [7, 11) is -3.46. The summed E-state index contributed by atoms with van der Waals surface area (Å²) >= 11 is 6.04. The van der Waals surface area contributed by atoms with Crippen molar-refractivity contribution in [3.8, 4) is 39.4 Å². The van der Waals surface area contributed by atoms with E-state index in [0.717, 1.165) is 12.5 Å². The van der Waals surface area contributed by atoms with Crippen molar-refractivity contribution in [2.75, 3.05) is 6.26 Å². The van der Waals surface area contributed by atoms with Gasteiger partial charge in [0, 0.05) is 28.6 Å². The number of aryl methyl sites for hydroxylation is 1. The summed E-state index contributed by atoms with van der Waals surface area (Å²) in [5, 5.41) is 0.529. The Bertz CT molecular complexity index is 1760. The zero-order valence-electron chi connectivity index (χ0n) is 20.0. The minimum atomic E-state index is -4.62. The molecule has 0 atom stereocenters. The summed E-state index contributed by atoms with van der Waals surface area (Å²) < 4.78 is 71.7. The lowest BCUT2D eigenvalue weighted by Crippen LogP contribution is -2.05. The van der Waals surface area contributed by atoms with Crippen molar-refractivity contribution in [1.29, 1.82) is 0 Å². The van der Waals surface area contributed by atoms with Crippen LogP contribution in [0.3, 0.4) is 0 Å². The Balaban J connectivity index is 1.75. The number of alkyl halides is 3. The van der Waals surface area contributed by atoms with E-state index in [1.54, 1.807) is 60.7 Å². The first-order valence-electron chi connectivity index (χ1n) is 11.2. The van der Waals surface area contributed by atoms with Crippen molar-refractivity contribution in [2.24, 2.45) is 0 Å². The predicted octanol–water partition coefficient (Wildman–Crippen LogP) is 7.25. The zero-order chi connectivity index (χ0) is 27.2. The van der Waals surface area contributed by atoms with Crippen molar-refractivity contribution in [2.45, 2.75) is 18.0 Å². The van der Waals surface area contributed by atoms with E-state index >= 15 is 0 Å². The quantitative estimate of drug-likeness (QED) is 0.227. The van der Waals surface area contributed by atoms with E-state index in [4.69, 9.17) is 16.0 Å². The molecule has 0 fully saturated rings. The molecule has 0 N–H and O–H groups in total. The minimum Gasteiger partial charge on any atom is -0.443 e. The third-order valence-corrected chi connectivity index (χ3v) is 7.32. The molecule has 0 saturated carbocycles. The Hall–Kier alpha value is -3.89. The molecule has 38 heavy (non-hydrogen) atoms. The number of nitrogens with zero attached hydrogens (tertiary/aromatic N) is 3. The third kappa shape index (κ3) is 4.97. The Morgan fingerprint density at radius 1 is 0.947 bits per heavy atom. The molecule has 0 aliphatic rings. The van der Waals surface area contributed by atoms with E-state index in [1.807, 2.05) is 0 Å². The molecule has 0 aliphatic carbocycles. The molecular weight excluding hydrogens is 539 g/mol.